The van der Waals surface area contributed by atoms with Crippen LogP contribution in [-0.4, -0.2) is 19.1 Å². The number of carbonyl (C=O) groups is 1. The summed E-state index contributed by atoms with van der Waals surface area (Å²) in [6, 6.07) is 30.3. The second-order valence-electron chi connectivity index (χ2n) is 9.58. The van der Waals surface area contributed by atoms with Crippen molar-refractivity contribution < 1.29 is 19.0 Å². The molecule has 0 saturated heterocycles. The zero-order valence-corrected chi connectivity index (χ0v) is 19.8. The zero-order valence-electron chi connectivity index (χ0n) is 19.8. The first-order valence-corrected chi connectivity index (χ1v) is 12.3. The lowest BCUT2D eigenvalue weighted by Gasteiger charge is -2.23. The maximum Gasteiger partial charge on any atom is 0.246 e. The van der Waals surface area contributed by atoms with E-state index in [1.54, 1.807) is 0 Å². The smallest absolute Gasteiger partial charge is 0.246 e. The molecule has 3 aliphatic heterocycles. The van der Waals surface area contributed by atoms with Gasteiger partial charge in [-0.05, 0) is 46.5 Å². The van der Waals surface area contributed by atoms with Crippen molar-refractivity contribution in [3.63, 3.8) is 0 Å². The van der Waals surface area contributed by atoms with E-state index >= 15 is 0 Å². The predicted octanol–water partition coefficient (Wildman–Crippen LogP) is 5.43. The first-order chi connectivity index (χ1) is 17.7. The van der Waals surface area contributed by atoms with Crippen LogP contribution < -0.4 is 19.1 Å². The highest BCUT2D eigenvalue weighted by molar-refractivity contribution is 6.11. The SMILES string of the molecule is O=C1N(Cc2cccc(OCc3ccccc3)c2)c2ccccc2C12COc1cc3c(cc12)CCO3. The second kappa shape index (κ2) is 8.16. The van der Waals surface area contributed by atoms with E-state index in [0.29, 0.717) is 26.4 Å². The molecule has 0 fully saturated rings. The van der Waals surface area contributed by atoms with Gasteiger partial charge in [0.1, 0.15) is 35.9 Å². The normalized spacial score (nSPS) is 19.0. The van der Waals surface area contributed by atoms with Gasteiger partial charge in [-0.1, -0.05) is 60.7 Å². The van der Waals surface area contributed by atoms with Crippen LogP contribution in [0.1, 0.15) is 27.8 Å². The quantitative estimate of drug-likeness (QED) is 0.386. The summed E-state index contributed by atoms with van der Waals surface area (Å²) in [6.45, 7) is 1.94. The zero-order chi connectivity index (χ0) is 24.1. The molecule has 1 unspecified atom stereocenters. The van der Waals surface area contributed by atoms with E-state index in [1.807, 2.05) is 83.8 Å². The third kappa shape index (κ3) is 3.19. The van der Waals surface area contributed by atoms with Crippen LogP contribution in [-0.2, 0) is 29.8 Å². The molecule has 36 heavy (non-hydrogen) atoms. The Morgan fingerprint density at radius 2 is 1.64 bits per heavy atom. The first-order valence-electron chi connectivity index (χ1n) is 12.3. The molecule has 0 bridgehead atoms. The van der Waals surface area contributed by atoms with Crippen LogP contribution >= 0.6 is 0 Å². The highest BCUT2D eigenvalue weighted by Crippen LogP contribution is 2.54. The fourth-order valence-electron chi connectivity index (χ4n) is 5.66. The molecule has 0 N–H and O–H groups in total. The van der Waals surface area contributed by atoms with Gasteiger partial charge in [0.2, 0.25) is 5.91 Å². The summed E-state index contributed by atoms with van der Waals surface area (Å²) in [6.07, 6.45) is 0.855. The molecule has 1 atom stereocenters. The van der Waals surface area contributed by atoms with E-state index in [0.717, 1.165) is 57.2 Å². The number of fused-ring (bicyclic) bond motifs is 5. The van der Waals surface area contributed by atoms with Gasteiger partial charge in [0, 0.05) is 23.7 Å². The third-order valence-electron chi connectivity index (χ3n) is 7.45. The number of para-hydroxylation sites is 1. The molecule has 0 aromatic heterocycles. The monoisotopic (exact) mass is 475 g/mol. The van der Waals surface area contributed by atoms with Crippen molar-refractivity contribution in [1.82, 2.24) is 0 Å². The van der Waals surface area contributed by atoms with Crippen LogP contribution in [0.25, 0.3) is 0 Å². The molecular weight excluding hydrogens is 450 g/mol. The minimum absolute atomic E-state index is 0.0527. The van der Waals surface area contributed by atoms with Crippen molar-refractivity contribution in [2.24, 2.45) is 0 Å². The Hall–Kier alpha value is -4.25. The van der Waals surface area contributed by atoms with E-state index in [2.05, 4.69) is 12.1 Å². The molecule has 3 heterocycles. The van der Waals surface area contributed by atoms with Crippen molar-refractivity contribution in [3.8, 4) is 17.2 Å². The summed E-state index contributed by atoms with van der Waals surface area (Å²) in [5.41, 5.74) is 5.34. The molecule has 1 amide bonds. The molecule has 3 aliphatic rings. The van der Waals surface area contributed by atoms with Crippen LogP contribution in [0.3, 0.4) is 0 Å². The molecule has 0 saturated carbocycles. The van der Waals surface area contributed by atoms with E-state index < -0.39 is 5.41 Å². The van der Waals surface area contributed by atoms with Gasteiger partial charge in [-0.15, -0.1) is 0 Å². The Balaban J connectivity index is 1.21. The molecule has 5 nitrogen and oxygen atoms in total. The van der Waals surface area contributed by atoms with E-state index in [9.17, 15) is 4.79 Å². The molecule has 0 aliphatic carbocycles. The lowest BCUT2D eigenvalue weighted by molar-refractivity contribution is -0.122. The number of hydrogen-bond donors (Lipinski definition) is 0. The summed E-state index contributed by atoms with van der Waals surface area (Å²) < 4.78 is 17.9. The molecular formula is C31H25NO4. The Kier molecular flexibility index (Phi) is 4.78. The summed E-state index contributed by atoms with van der Waals surface area (Å²) in [4.78, 5) is 16.1. The van der Waals surface area contributed by atoms with Crippen molar-refractivity contribution in [2.45, 2.75) is 25.0 Å². The van der Waals surface area contributed by atoms with E-state index in [-0.39, 0.29) is 5.91 Å². The number of amides is 1. The molecule has 5 heteroatoms. The van der Waals surface area contributed by atoms with Crippen LogP contribution in [0, 0.1) is 0 Å². The summed E-state index contributed by atoms with van der Waals surface area (Å²) in [5, 5.41) is 0. The number of hydrogen-bond acceptors (Lipinski definition) is 4. The summed E-state index contributed by atoms with van der Waals surface area (Å²) >= 11 is 0. The lowest BCUT2D eigenvalue weighted by atomic mass is 9.76. The molecule has 4 aromatic carbocycles. The number of rotatable bonds is 5. The Bertz CT molecular complexity index is 1480. The van der Waals surface area contributed by atoms with Crippen LogP contribution in [0.5, 0.6) is 17.2 Å². The average Bonchev–Trinajstić information content (AvgIpc) is 3.60. The van der Waals surface area contributed by atoms with Gasteiger partial charge in [-0.2, -0.15) is 0 Å². The third-order valence-corrected chi connectivity index (χ3v) is 7.45. The van der Waals surface area contributed by atoms with Gasteiger partial charge < -0.3 is 19.1 Å². The Labute approximate surface area is 209 Å². The standard InChI is InChI=1S/C31H25NO4/c33-30-31(20-36-29-17-28-23(13-14-34-28)16-26(29)31)25-11-4-5-12-27(25)32(30)18-22-9-6-10-24(15-22)35-19-21-7-2-1-3-8-21/h1-12,15-17H,13-14,18-20H2. The minimum atomic E-state index is -0.828. The van der Waals surface area contributed by atoms with Gasteiger partial charge in [-0.25, -0.2) is 0 Å². The minimum Gasteiger partial charge on any atom is -0.493 e. The van der Waals surface area contributed by atoms with Crippen molar-refractivity contribution in [1.29, 1.82) is 0 Å². The molecule has 178 valence electrons. The predicted molar refractivity (Wildman–Crippen MR) is 137 cm³/mol. The van der Waals surface area contributed by atoms with Crippen molar-refractivity contribution in [2.75, 3.05) is 18.1 Å². The van der Waals surface area contributed by atoms with Gasteiger partial charge in [-0.3, -0.25) is 4.79 Å². The number of benzene rings is 4. The maximum absolute atomic E-state index is 14.2. The van der Waals surface area contributed by atoms with Crippen LogP contribution in [0.4, 0.5) is 5.69 Å². The van der Waals surface area contributed by atoms with Gasteiger partial charge in [0.25, 0.3) is 0 Å². The van der Waals surface area contributed by atoms with Gasteiger partial charge in [0.15, 0.2) is 0 Å². The largest absolute Gasteiger partial charge is 0.493 e. The topological polar surface area (TPSA) is 48.0 Å². The molecule has 4 aromatic rings. The highest BCUT2D eigenvalue weighted by atomic mass is 16.5. The Morgan fingerprint density at radius 1 is 0.806 bits per heavy atom. The molecule has 0 radical (unpaired) electrons. The summed E-state index contributed by atoms with van der Waals surface area (Å²) in [5.74, 6) is 2.46. The van der Waals surface area contributed by atoms with Gasteiger partial charge in [0.05, 0.1) is 13.2 Å². The van der Waals surface area contributed by atoms with E-state index in [4.69, 9.17) is 14.2 Å². The van der Waals surface area contributed by atoms with Crippen molar-refractivity contribution >= 4 is 11.6 Å². The van der Waals surface area contributed by atoms with E-state index in [1.165, 1.54) is 0 Å². The maximum atomic E-state index is 14.2. The number of carbonyl (C=O) groups excluding carboxylic acids is 1. The number of anilines is 1. The first kappa shape index (κ1) is 21.1. The number of ether oxygens (including phenoxy) is 3. The average molecular weight is 476 g/mol. The van der Waals surface area contributed by atoms with Crippen LogP contribution in [0.2, 0.25) is 0 Å². The van der Waals surface area contributed by atoms with Crippen LogP contribution in [0.15, 0.2) is 91.0 Å². The Morgan fingerprint density at radius 3 is 2.56 bits per heavy atom. The summed E-state index contributed by atoms with van der Waals surface area (Å²) in [7, 11) is 0. The lowest BCUT2D eigenvalue weighted by Crippen LogP contribution is -2.42. The molecule has 7 rings (SSSR count). The second-order valence-corrected chi connectivity index (χ2v) is 9.58. The molecule has 1 spiro atoms. The fourth-order valence-corrected chi connectivity index (χ4v) is 5.66. The van der Waals surface area contributed by atoms with Crippen molar-refractivity contribution in [3.05, 3.63) is 119 Å². The highest BCUT2D eigenvalue weighted by Gasteiger charge is 2.57. The van der Waals surface area contributed by atoms with Gasteiger partial charge >= 0.3 is 0 Å². The number of nitrogens with zero attached hydrogens (tertiary/aromatic N) is 1. The fraction of sp³-hybridized carbons (Fsp3) is 0.194.